The average molecular weight is 250 g/mol. The molecule has 92 valence electrons. The summed E-state index contributed by atoms with van der Waals surface area (Å²) < 4.78 is 4.28. The van der Waals surface area contributed by atoms with Crippen LogP contribution in [0.4, 0.5) is 5.69 Å². The summed E-state index contributed by atoms with van der Waals surface area (Å²) >= 11 is 0. The van der Waals surface area contributed by atoms with Gasteiger partial charge in [-0.25, -0.2) is 4.79 Å². The zero-order chi connectivity index (χ0) is 13.7. The predicted octanol–water partition coefficient (Wildman–Crippen LogP) is 1.85. The number of hydrogen-bond donors (Lipinski definition) is 1. The third-order valence-corrected chi connectivity index (χ3v) is 2.03. The second kappa shape index (κ2) is 5.40. The van der Waals surface area contributed by atoms with E-state index < -0.39 is 22.3 Å². The van der Waals surface area contributed by atoms with Crippen LogP contribution in [0.3, 0.4) is 0 Å². The van der Waals surface area contributed by atoms with Crippen molar-refractivity contribution in [1.29, 1.82) is 5.39 Å². The fourth-order valence-corrected chi connectivity index (χ4v) is 1.19. The Kier molecular flexibility index (Phi) is 3.93. The number of carbonyl (C=O) groups is 1. The SMILES string of the molecule is COC(=O)/C([N+]#N)=C(\O)c1cccc([N+](=O)[O-])c1. The molecule has 1 N–H and O–H groups in total. The van der Waals surface area contributed by atoms with Gasteiger partial charge in [0, 0.05) is 17.7 Å². The molecular weight excluding hydrogens is 242 g/mol. The summed E-state index contributed by atoms with van der Waals surface area (Å²) in [6.45, 7) is 0. The number of nitro benzene ring substituents is 1. The van der Waals surface area contributed by atoms with Gasteiger partial charge in [-0.2, -0.15) is 0 Å². The lowest BCUT2D eigenvalue weighted by molar-refractivity contribution is -0.384. The Bertz CT molecular complexity index is 573. The highest BCUT2D eigenvalue weighted by Crippen LogP contribution is 2.22. The Morgan fingerprint density at radius 2 is 2.22 bits per heavy atom. The van der Waals surface area contributed by atoms with Gasteiger partial charge in [0.1, 0.15) is 0 Å². The molecule has 0 bridgehead atoms. The molecule has 0 aliphatic heterocycles. The molecule has 0 aromatic heterocycles. The van der Waals surface area contributed by atoms with Gasteiger partial charge in [0.15, 0.2) is 4.98 Å². The summed E-state index contributed by atoms with van der Waals surface area (Å²) in [6.07, 6.45) is 0. The minimum absolute atomic E-state index is 0.0394. The minimum Gasteiger partial charge on any atom is -0.501 e. The number of aliphatic hydroxyl groups excluding tert-OH is 1. The van der Waals surface area contributed by atoms with Crippen LogP contribution in [-0.2, 0) is 9.53 Å². The first-order chi connectivity index (χ1) is 8.51. The molecule has 0 saturated heterocycles. The highest BCUT2D eigenvalue weighted by atomic mass is 16.6. The van der Waals surface area contributed by atoms with Crippen LogP contribution >= 0.6 is 0 Å². The largest absolute Gasteiger partial charge is 0.510 e. The van der Waals surface area contributed by atoms with Crippen LogP contribution in [-0.4, -0.2) is 23.1 Å². The molecule has 8 heteroatoms. The quantitative estimate of drug-likeness (QED) is 0.218. The maximum atomic E-state index is 11.1. The molecule has 1 rings (SSSR count). The molecule has 1 aromatic rings. The van der Waals surface area contributed by atoms with E-state index in [0.717, 1.165) is 13.2 Å². The third-order valence-electron chi connectivity index (χ3n) is 2.03. The number of nitrogens with zero attached hydrogens (tertiary/aromatic N) is 3. The van der Waals surface area contributed by atoms with Gasteiger partial charge in [-0.1, -0.05) is 12.1 Å². The van der Waals surface area contributed by atoms with Gasteiger partial charge >= 0.3 is 11.7 Å². The molecule has 0 heterocycles. The van der Waals surface area contributed by atoms with E-state index in [1.807, 2.05) is 0 Å². The van der Waals surface area contributed by atoms with Crippen molar-refractivity contribution in [3.8, 4) is 0 Å². The summed E-state index contributed by atoms with van der Waals surface area (Å²) in [5.41, 5.74) is -1.05. The van der Waals surface area contributed by atoms with E-state index in [1.165, 1.54) is 18.2 Å². The smallest absolute Gasteiger partial charge is 0.501 e. The highest BCUT2D eigenvalue weighted by Gasteiger charge is 2.31. The molecule has 0 radical (unpaired) electrons. The van der Waals surface area contributed by atoms with Crippen LogP contribution in [0.2, 0.25) is 0 Å². The summed E-state index contributed by atoms with van der Waals surface area (Å²) in [5, 5.41) is 28.8. The van der Waals surface area contributed by atoms with Crippen molar-refractivity contribution in [1.82, 2.24) is 0 Å². The Morgan fingerprint density at radius 1 is 1.56 bits per heavy atom. The number of diazo groups is 1. The number of esters is 1. The molecule has 0 aliphatic rings. The minimum atomic E-state index is -1.07. The van der Waals surface area contributed by atoms with Crippen LogP contribution in [0, 0.1) is 15.5 Å². The van der Waals surface area contributed by atoms with Gasteiger partial charge < -0.3 is 9.84 Å². The maximum absolute atomic E-state index is 11.1. The first-order valence-electron chi connectivity index (χ1n) is 4.62. The Morgan fingerprint density at radius 3 is 2.72 bits per heavy atom. The summed E-state index contributed by atoms with van der Waals surface area (Å²) in [6, 6.07) is 4.88. The average Bonchev–Trinajstić information content (AvgIpc) is 2.39. The van der Waals surface area contributed by atoms with Gasteiger partial charge in [-0.05, 0) is 0 Å². The molecule has 0 saturated carbocycles. The number of non-ortho nitro benzene ring substituents is 1. The number of rotatable bonds is 3. The van der Waals surface area contributed by atoms with Crippen LogP contribution in [0.5, 0.6) is 0 Å². The summed E-state index contributed by atoms with van der Waals surface area (Å²) in [7, 11) is 1.04. The molecular formula is C10H8N3O5+. The number of aliphatic hydroxyl groups is 1. The molecule has 0 atom stereocenters. The van der Waals surface area contributed by atoms with E-state index in [9.17, 15) is 20.0 Å². The topological polar surface area (TPSA) is 118 Å². The Hall–Kier alpha value is -2.95. The van der Waals surface area contributed by atoms with E-state index in [0.29, 0.717) is 0 Å². The van der Waals surface area contributed by atoms with Crippen LogP contribution in [0.1, 0.15) is 5.56 Å². The van der Waals surface area contributed by atoms with Crippen molar-refractivity contribution in [2.45, 2.75) is 0 Å². The van der Waals surface area contributed by atoms with Crippen molar-refractivity contribution in [3.05, 3.63) is 50.6 Å². The Labute approximate surface area is 101 Å². The summed E-state index contributed by atoms with van der Waals surface area (Å²) in [4.78, 5) is 23.6. The van der Waals surface area contributed by atoms with Crippen LogP contribution in [0.25, 0.3) is 10.7 Å². The van der Waals surface area contributed by atoms with Crippen molar-refractivity contribution in [2.24, 2.45) is 0 Å². The van der Waals surface area contributed by atoms with E-state index in [2.05, 4.69) is 9.71 Å². The zero-order valence-corrected chi connectivity index (χ0v) is 9.23. The van der Waals surface area contributed by atoms with E-state index in [4.69, 9.17) is 5.39 Å². The lowest BCUT2D eigenvalue weighted by Gasteiger charge is -1.97. The molecule has 0 fully saturated rings. The number of benzene rings is 1. The zero-order valence-electron chi connectivity index (χ0n) is 9.23. The predicted molar refractivity (Wildman–Crippen MR) is 59.7 cm³/mol. The second-order valence-corrected chi connectivity index (χ2v) is 3.10. The van der Waals surface area contributed by atoms with Crippen molar-refractivity contribution in [2.75, 3.05) is 7.11 Å². The fourth-order valence-electron chi connectivity index (χ4n) is 1.19. The first-order valence-corrected chi connectivity index (χ1v) is 4.62. The number of ether oxygens (including phenoxy) is 1. The monoisotopic (exact) mass is 250 g/mol. The van der Waals surface area contributed by atoms with Gasteiger partial charge in [-0.3, -0.25) is 10.1 Å². The maximum Gasteiger partial charge on any atom is 0.510 e. The molecule has 0 unspecified atom stereocenters. The standard InChI is InChI=1S/C10H7N3O5/c1-18-10(15)8(12-11)9(14)6-3-2-4-7(5-6)13(16)17/h2-5H,1H3/p+1. The number of nitro groups is 1. The van der Waals surface area contributed by atoms with Crippen LogP contribution in [0.15, 0.2) is 30.0 Å². The molecule has 0 spiro atoms. The highest BCUT2D eigenvalue weighted by molar-refractivity contribution is 5.97. The normalized spacial score (nSPS) is 11.1. The number of hydrogen-bond acceptors (Lipinski definition) is 6. The summed E-state index contributed by atoms with van der Waals surface area (Å²) in [5.74, 6) is -1.78. The van der Waals surface area contributed by atoms with Crippen molar-refractivity contribution >= 4 is 17.4 Å². The molecule has 18 heavy (non-hydrogen) atoms. The van der Waals surface area contributed by atoms with Crippen LogP contribution < -0.4 is 0 Å². The van der Waals surface area contributed by atoms with Gasteiger partial charge in [-0.15, -0.1) is 0 Å². The van der Waals surface area contributed by atoms with Crippen molar-refractivity contribution in [3.63, 3.8) is 0 Å². The molecule has 8 nitrogen and oxygen atoms in total. The van der Waals surface area contributed by atoms with E-state index >= 15 is 0 Å². The third kappa shape index (κ3) is 2.59. The second-order valence-electron chi connectivity index (χ2n) is 3.10. The van der Waals surface area contributed by atoms with Gasteiger partial charge in [0.05, 0.1) is 12.0 Å². The number of carbonyl (C=O) groups excluding carboxylic acids is 1. The number of methoxy groups -OCH3 is 1. The van der Waals surface area contributed by atoms with Gasteiger partial charge in [0.25, 0.3) is 5.69 Å². The lowest BCUT2D eigenvalue weighted by Crippen LogP contribution is -2.04. The molecule has 1 aromatic carbocycles. The van der Waals surface area contributed by atoms with E-state index in [-0.39, 0.29) is 11.3 Å². The van der Waals surface area contributed by atoms with E-state index in [1.54, 1.807) is 0 Å². The molecule has 0 aliphatic carbocycles. The Balaban J connectivity index is 3.33. The van der Waals surface area contributed by atoms with Crippen molar-refractivity contribution < 1.29 is 19.6 Å². The van der Waals surface area contributed by atoms with Gasteiger partial charge in [0.2, 0.25) is 11.2 Å². The lowest BCUT2D eigenvalue weighted by atomic mass is 10.1. The fraction of sp³-hybridized carbons (Fsp3) is 0.100. The first kappa shape index (κ1) is 13.1. The molecule has 0 amide bonds.